The van der Waals surface area contributed by atoms with Crippen molar-refractivity contribution >= 4 is 5.78 Å². The third-order valence-electron chi connectivity index (χ3n) is 3.00. The molecule has 0 radical (unpaired) electrons. The molecule has 2 nitrogen and oxygen atoms in total. The Morgan fingerprint density at radius 1 is 1.33 bits per heavy atom. The molecule has 1 atom stereocenters. The fourth-order valence-corrected chi connectivity index (χ4v) is 2.03. The zero-order chi connectivity index (χ0) is 13.2. The van der Waals surface area contributed by atoms with Gasteiger partial charge in [-0.1, -0.05) is 18.2 Å². The predicted molar refractivity (Wildman–Crippen MR) is 59.1 cm³/mol. The van der Waals surface area contributed by atoms with Crippen LogP contribution in [0.25, 0.3) is 0 Å². The first-order valence-electron chi connectivity index (χ1n) is 5.73. The van der Waals surface area contributed by atoms with Gasteiger partial charge < -0.3 is 4.74 Å². The van der Waals surface area contributed by atoms with Crippen molar-refractivity contribution in [3.8, 4) is 0 Å². The van der Waals surface area contributed by atoms with E-state index in [4.69, 9.17) is 4.74 Å². The van der Waals surface area contributed by atoms with Crippen molar-refractivity contribution in [1.82, 2.24) is 0 Å². The fourth-order valence-electron chi connectivity index (χ4n) is 2.03. The molecule has 1 aliphatic heterocycles. The molecule has 0 bridgehead atoms. The number of ketones is 1. The van der Waals surface area contributed by atoms with E-state index in [1.165, 1.54) is 6.07 Å². The molecular formula is C13H13F3O2. The maximum absolute atomic E-state index is 12.5. The fraction of sp³-hybridized carbons (Fsp3) is 0.462. The van der Waals surface area contributed by atoms with E-state index in [2.05, 4.69) is 0 Å². The molecule has 0 saturated carbocycles. The number of hydrogen-bond acceptors (Lipinski definition) is 2. The van der Waals surface area contributed by atoms with Gasteiger partial charge in [-0.2, -0.15) is 13.2 Å². The number of carbonyl (C=O) groups is 1. The summed E-state index contributed by atoms with van der Waals surface area (Å²) < 4.78 is 42.8. The molecule has 0 amide bonds. The van der Waals surface area contributed by atoms with Crippen molar-refractivity contribution in [2.75, 3.05) is 13.2 Å². The summed E-state index contributed by atoms with van der Waals surface area (Å²) in [5, 5.41) is 0. The summed E-state index contributed by atoms with van der Waals surface area (Å²) in [6.45, 7) is 0.715. The van der Waals surface area contributed by atoms with Gasteiger partial charge in [-0.3, -0.25) is 4.79 Å². The van der Waals surface area contributed by atoms with E-state index < -0.39 is 11.7 Å². The zero-order valence-electron chi connectivity index (χ0n) is 9.67. The molecule has 2 rings (SSSR count). The third kappa shape index (κ3) is 3.10. The van der Waals surface area contributed by atoms with E-state index in [9.17, 15) is 18.0 Å². The molecule has 1 heterocycles. The number of Topliss-reactive ketones (excluding diaryl/α,β-unsaturated/α-hetero) is 1. The molecular weight excluding hydrogens is 245 g/mol. The third-order valence-corrected chi connectivity index (χ3v) is 3.00. The second kappa shape index (κ2) is 5.10. The first-order chi connectivity index (χ1) is 8.47. The zero-order valence-corrected chi connectivity index (χ0v) is 9.67. The van der Waals surface area contributed by atoms with Crippen LogP contribution in [-0.4, -0.2) is 19.0 Å². The molecule has 98 valence electrons. The van der Waals surface area contributed by atoms with Gasteiger partial charge in [0.2, 0.25) is 0 Å². The first-order valence-corrected chi connectivity index (χ1v) is 5.73. The summed E-state index contributed by atoms with van der Waals surface area (Å²) in [4.78, 5) is 11.6. The van der Waals surface area contributed by atoms with Crippen LogP contribution in [0, 0.1) is 5.92 Å². The van der Waals surface area contributed by atoms with Gasteiger partial charge in [-0.05, 0) is 18.1 Å². The normalized spacial score (nSPS) is 21.1. The van der Waals surface area contributed by atoms with Crippen LogP contribution in [0.15, 0.2) is 24.3 Å². The van der Waals surface area contributed by atoms with Crippen LogP contribution >= 0.6 is 0 Å². The average Bonchev–Trinajstić information content (AvgIpc) is 2.31. The minimum absolute atomic E-state index is 0.0682. The van der Waals surface area contributed by atoms with E-state index in [0.717, 1.165) is 12.1 Å². The second-order valence-electron chi connectivity index (χ2n) is 4.39. The molecule has 0 aromatic heterocycles. The highest BCUT2D eigenvalue weighted by atomic mass is 19.4. The van der Waals surface area contributed by atoms with Crippen LogP contribution in [-0.2, 0) is 22.1 Å². The predicted octanol–water partition coefficient (Wildman–Crippen LogP) is 2.85. The molecule has 18 heavy (non-hydrogen) atoms. The van der Waals surface area contributed by atoms with Crippen molar-refractivity contribution in [1.29, 1.82) is 0 Å². The number of hydrogen-bond donors (Lipinski definition) is 0. The highest BCUT2D eigenvalue weighted by Crippen LogP contribution is 2.30. The number of rotatable bonds is 2. The topological polar surface area (TPSA) is 26.3 Å². The van der Waals surface area contributed by atoms with Gasteiger partial charge in [0.15, 0.2) is 0 Å². The van der Waals surface area contributed by atoms with Crippen molar-refractivity contribution in [2.45, 2.75) is 19.0 Å². The SMILES string of the molecule is O=C1CCOCC1Cc1cccc(C(F)(F)F)c1. The van der Waals surface area contributed by atoms with Crippen LogP contribution < -0.4 is 0 Å². The van der Waals surface area contributed by atoms with Gasteiger partial charge in [0.1, 0.15) is 5.78 Å². The Hall–Kier alpha value is -1.36. The second-order valence-corrected chi connectivity index (χ2v) is 4.39. The summed E-state index contributed by atoms with van der Waals surface area (Å²) in [6, 6.07) is 5.11. The Balaban J connectivity index is 2.12. The standard InChI is InChI=1S/C13H13F3O2/c14-13(15,16)11-3-1-2-9(7-11)6-10-8-18-5-4-12(10)17/h1-3,7,10H,4-6,8H2. The van der Waals surface area contributed by atoms with Crippen LogP contribution in [0.4, 0.5) is 13.2 Å². The molecule has 1 fully saturated rings. The van der Waals surface area contributed by atoms with Gasteiger partial charge in [0, 0.05) is 12.3 Å². The number of carbonyl (C=O) groups excluding carboxylic acids is 1. The first kappa shape index (κ1) is 13.1. The van der Waals surface area contributed by atoms with Gasteiger partial charge in [-0.25, -0.2) is 0 Å². The van der Waals surface area contributed by atoms with Crippen molar-refractivity contribution < 1.29 is 22.7 Å². The Labute approximate surface area is 103 Å². The lowest BCUT2D eigenvalue weighted by molar-refractivity contribution is -0.137. The van der Waals surface area contributed by atoms with E-state index in [1.807, 2.05) is 0 Å². The quantitative estimate of drug-likeness (QED) is 0.815. The van der Waals surface area contributed by atoms with E-state index >= 15 is 0 Å². The lowest BCUT2D eigenvalue weighted by atomic mass is 9.92. The van der Waals surface area contributed by atoms with Crippen LogP contribution in [0.5, 0.6) is 0 Å². The summed E-state index contributed by atoms with van der Waals surface area (Å²) >= 11 is 0. The number of benzene rings is 1. The summed E-state index contributed by atoms with van der Waals surface area (Å²) in [5.74, 6) is -0.249. The average molecular weight is 258 g/mol. The Morgan fingerprint density at radius 2 is 2.11 bits per heavy atom. The van der Waals surface area contributed by atoms with E-state index in [1.54, 1.807) is 6.07 Å². The highest BCUT2D eigenvalue weighted by Gasteiger charge is 2.31. The molecule has 1 saturated heterocycles. The van der Waals surface area contributed by atoms with Gasteiger partial charge >= 0.3 is 6.18 Å². The van der Waals surface area contributed by atoms with Crippen LogP contribution in [0.3, 0.4) is 0 Å². The van der Waals surface area contributed by atoms with Gasteiger partial charge in [-0.15, -0.1) is 0 Å². The smallest absolute Gasteiger partial charge is 0.380 e. The van der Waals surface area contributed by atoms with Gasteiger partial charge in [0.25, 0.3) is 0 Å². The van der Waals surface area contributed by atoms with Crippen molar-refractivity contribution in [2.24, 2.45) is 5.92 Å². The molecule has 5 heteroatoms. The largest absolute Gasteiger partial charge is 0.416 e. The van der Waals surface area contributed by atoms with Crippen LogP contribution in [0.1, 0.15) is 17.5 Å². The maximum Gasteiger partial charge on any atom is 0.416 e. The minimum atomic E-state index is -4.34. The van der Waals surface area contributed by atoms with E-state index in [0.29, 0.717) is 31.6 Å². The summed E-state index contributed by atoms with van der Waals surface area (Å²) in [7, 11) is 0. The monoisotopic (exact) mass is 258 g/mol. The molecule has 1 unspecified atom stereocenters. The number of halogens is 3. The van der Waals surface area contributed by atoms with Crippen molar-refractivity contribution in [3.05, 3.63) is 35.4 Å². The Bertz CT molecular complexity index is 440. The van der Waals surface area contributed by atoms with Crippen LogP contribution in [0.2, 0.25) is 0 Å². The molecule has 0 spiro atoms. The maximum atomic E-state index is 12.5. The molecule has 0 aliphatic carbocycles. The molecule has 1 aromatic rings. The number of ether oxygens (including phenoxy) is 1. The Kier molecular flexibility index (Phi) is 3.71. The minimum Gasteiger partial charge on any atom is -0.380 e. The molecule has 1 aliphatic rings. The van der Waals surface area contributed by atoms with Gasteiger partial charge in [0.05, 0.1) is 18.8 Å². The van der Waals surface area contributed by atoms with Crippen molar-refractivity contribution in [3.63, 3.8) is 0 Å². The lowest BCUT2D eigenvalue weighted by Gasteiger charge is -2.21. The number of alkyl halides is 3. The summed E-state index contributed by atoms with van der Waals surface area (Å²) in [5.41, 5.74) is -0.155. The molecule has 0 N–H and O–H groups in total. The lowest BCUT2D eigenvalue weighted by Crippen LogP contribution is -2.29. The molecule has 1 aromatic carbocycles. The summed E-state index contributed by atoms with van der Waals surface area (Å²) in [6.07, 6.45) is -3.69. The Morgan fingerprint density at radius 3 is 2.78 bits per heavy atom. The highest BCUT2D eigenvalue weighted by molar-refractivity contribution is 5.82. The van der Waals surface area contributed by atoms with E-state index in [-0.39, 0.29) is 11.7 Å².